The van der Waals surface area contributed by atoms with Gasteiger partial charge < -0.3 is 10.4 Å². The number of carboxylic acid groups (broad SMARTS) is 1. The molecule has 102 valence electrons. The zero-order valence-corrected chi connectivity index (χ0v) is 11.2. The van der Waals surface area contributed by atoms with Gasteiger partial charge in [0.05, 0.1) is 5.69 Å². The van der Waals surface area contributed by atoms with Crippen LogP contribution in [0.4, 0.5) is 0 Å². The lowest BCUT2D eigenvalue weighted by molar-refractivity contribution is 0.0688. The highest BCUT2D eigenvalue weighted by molar-refractivity contribution is 5.88. The van der Waals surface area contributed by atoms with Crippen molar-refractivity contribution >= 4 is 5.97 Å². The van der Waals surface area contributed by atoms with Gasteiger partial charge in [-0.15, -0.1) is 0 Å². The van der Waals surface area contributed by atoms with Gasteiger partial charge in [0.15, 0.2) is 11.5 Å². The number of rotatable bonds is 2. The Kier molecular flexibility index (Phi) is 3.20. The molecule has 0 fully saturated rings. The molecular weight excluding hydrogens is 254 g/mol. The van der Waals surface area contributed by atoms with E-state index in [1.807, 2.05) is 31.2 Å². The van der Waals surface area contributed by atoms with Crippen molar-refractivity contribution in [3.05, 3.63) is 46.8 Å². The van der Waals surface area contributed by atoms with Gasteiger partial charge in [-0.05, 0) is 12.5 Å². The third-order valence-corrected chi connectivity index (χ3v) is 3.52. The predicted molar refractivity (Wildman–Crippen MR) is 74.6 cm³/mol. The van der Waals surface area contributed by atoms with Crippen LogP contribution in [0.25, 0.3) is 11.4 Å². The largest absolute Gasteiger partial charge is 0.476 e. The first kappa shape index (κ1) is 12.7. The second kappa shape index (κ2) is 5.02. The number of carbonyl (C=O) groups is 1. The number of carboxylic acids is 1. The molecule has 20 heavy (non-hydrogen) atoms. The molecule has 5 nitrogen and oxygen atoms in total. The Morgan fingerprint density at radius 3 is 2.85 bits per heavy atom. The number of hydrogen-bond donors (Lipinski definition) is 2. The summed E-state index contributed by atoms with van der Waals surface area (Å²) in [6.45, 7) is 3.31. The number of aryl methyl sites for hydroxylation is 1. The van der Waals surface area contributed by atoms with Gasteiger partial charge in [0.25, 0.3) is 0 Å². The van der Waals surface area contributed by atoms with E-state index in [1.165, 1.54) is 0 Å². The molecule has 1 aliphatic heterocycles. The molecule has 1 aliphatic rings. The average Bonchev–Trinajstić information content (AvgIpc) is 2.46. The fourth-order valence-corrected chi connectivity index (χ4v) is 2.46. The number of benzene rings is 1. The van der Waals surface area contributed by atoms with Crippen LogP contribution >= 0.6 is 0 Å². The van der Waals surface area contributed by atoms with Gasteiger partial charge in [-0.1, -0.05) is 24.3 Å². The molecule has 0 amide bonds. The van der Waals surface area contributed by atoms with Gasteiger partial charge in [-0.3, -0.25) is 0 Å². The van der Waals surface area contributed by atoms with Crippen molar-refractivity contribution in [2.75, 3.05) is 6.54 Å². The van der Waals surface area contributed by atoms with Crippen molar-refractivity contribution in [3.8, 4) is 11.4 Å². The maximum Gasteiger partial charge on any atom is 0.354 e. The molecule has 1 aromatic carbocycles. The molecule has 0 saturated heterocycles. The summed E-state index contributed by atoms with van der Waals surface area (Å²) in [6.07, 6.45) is 0.733. The van der Waals surface area contributed by atoms with E-state index in [2.05, 4.69) is 15.3 Å². The number of hydrogen-bond acceptors (Lipinski definition) is 4. The minimum Gasteiger partial charge on any atom is -0.476 e. The molecule has 0 saturated carbocycles. The van der Waals surface area contributed by atoms with Crippen LogP contribution in [0.15, 0.2) is 24.3 Å². The van der Waals surface area contributed by atoms with Crippen molar-refractivity contribution < 1.29 is 9.90 Å². The maximum absolute atomic E-state index is 11.4. The zero-order chi connectivity index (χ0) is 14.1. The van der Waals surface area contributed by atoms with Crippen molar-refractivity contribution in [2.45, 2.75) is 19.9 Å². The van der Waals surface area contributed by atoms with Crippen LogP contribution in [-0.2, 0) is 13.0 Å². The van der Waals surface area contributed by atoms with Gasteiger partial charge >= 0.3 is 5.97 Å². The van der Waals surface area contributed by atoms with E-state index in [4.69, 9.17) is 0 Å². The number of aromatic carboxylic acids is 1. The van der Waals surface area contributed by atoms with Crippen molar-refractivity contribution in [1.29, 1.82) is 0 Å². The Morgan fingerprint density at radius 2 is 2.10 bits per heavy atom. The van der Waals surface area contributed by atoms with Crippen LogP contribution in [0, 0.1) is 6.92 Å². The minimum absolute atomic E-state index is 0.112. The molecule has 5 heteroatoms. The van der Waals surface area contributed by atoms with Gasteiger partial charge in [0.1, 0.15) is 0 Å². The van der Waals surface area contributed by atoms with E-state index < -0.39 is 5.97 Å². The van der Waals surface area contributed by atoms with Crippen molar-refractivity contribution in [3.63, 3.8) is 0 Å². The lowest BCUT2D eigenvalue weighted by atomic mass is 10.0. The molecule has 0 atom stereocenters. The molecule has 0 bridgehead atoms. The standard InChI is InChI=1S/C15H15N3O2/c1-9-4-2-3-5-10(9)14-17-12-6-7-16-8-11(12)13(18-14)15(19)20/h2-5,16H,6-8H2,1H3,(H,19,20). The van der Waals surface area contributed by atoms with E-state index in [9.17, 15) is 9.90 Å². The molecular formula is C15H15N3O2. The second-order valence-corrected chi connectivity index (χ2v) is 4.87. The van der Waals surface area contributed by atoms with Gasteiger partial charge in [0, 0.05) is 30.6 Å². The molecule has 3 rings (SSSR count). The summed E-state index contributed by atoms with van der Waals surface area (Å²) in [6, 6.07) is 7.75. The van der Waals surface area contributed by atoms with Crippen LogP contribution in [0.5, 0.6) is 0 Å². The van der Waals surface area contributed by atoms with Crippen LogP contribution in [0.2, 0.25) is 0 Å². The first-order valence-electron chi connectivity index (χ1n) is 6.56. The first-order chi connectivity index (χ1) is 9.66. The van der Waals surface area contributed by atoms with E-state index in [0.717, 1.165) is 29.8 Å². The molecule has 2 aromatic rings. The Bertz CT molecular complexity index is 683. The van der Waals surface area contributed by atoms with Crippen molar-refractivity contribution in [1.82, 2.24) is 15.3 Å². The normalized spacial score (nSPS) is 13.8. The van der Waals surface area contributed by atoms with Crippen LogP contribution < -0.4 is 5.32 Å². The van der Waals surface area contributed by atoms with E-state index in [0.29, 0.717) is 17.9 Å². The highest BCUT2D eigenvalue weighted by Gasteiger charge is 2.22. The van der Waals surface area contributed by atoms with E-state index in [1.54, 1.807) is 0 Å². The highest BCUT2D eigenvalue weighted by atomic mass is 16.4. The topological polar surface area (TPSA) is 75.1 Å². The minimum atomic E-state index is -0.998. The molecule has 0 unspecified atom stereocenters. The van der Waals surface area contributed by atoms with Crippen LogP contribution in [0.3, 0.4) is 0 Å². The summed E-state index contributed by atoms with van der Waals surface area (Å²) in [5.41, 5.74) is 3.59. The second-order valence-electron chi connectivity index (χ2n) is 4.87. The van der Waals surface area contributed by atoms with Gasteiger partial charge in [-0.25, -0.2) is 14.8 Å². The Balaban J connectivity index is 2.20. The summed E-state index contributed by atoms with van der Waals surface area (Å²) in [7, 11) is 0. The first-order valence-corrected chi connectivity index (χ1v) is 6.56. The summed E-state index contributed by atoms with van der Waals surface area (Å²) in [5, 5.41) is 12.5. The zero-order valence-electron chi connectivity index (χ0n) is 11.2. The highest BCUT2D eigenvalue weighted by Crippen LogP contribution is 2.23. The lowest BCUT2D eigenvalue weighted by Gasteiger charge is -2.18. The van der Waals surface area contributed by atoms with Crippen LogP contribution in [-0.4, -0.2) is 27.6 Å². The predicted octanol–water partition coefficient (Wildman–Crippen LogP) is 1.80. The molecule has 0 spiro atoms. The third kappa shape index (κ3) is 2.16. The quantitative estimate of drug-likeness (QED) is 0.869. The number of fused-ring (bicyclic) bond motifs is 1. The fraction of sp³-hybridized carbons (Fsp3) is 0.267. The maximum atomic E-state index is 11.4. The third-order valence-electron chi connectivity index (χ3n) is 3.52. The summed E-state index contributed by atoms with van der Waals surface area (Å²) >= 11 is 0. The molecule has 2 heterocycles. The summed E-state index contributed by atoms with van der Waals surface area (Å²) in [5.74, 6) is -0.497. The smallest absolute Gasteiger partial charge is 0.354 e. The SMILES string of the molecule is Cc1ccccc1-c1nc2c(c(C(=O)O)n1)CNCC2. The Hall–Kier alpha value is -2.27. The number of aromatic nitrogens is 2. The molecule has 0 radical (unpaired) electrons. The number of nitrogens with zero attached hydrogens (tertiary/aromatic N) is 2. The summed E-state index contributed by atoms with van der Waals surface area (Å²) < 4.78 is 0. The molecule has 0 aliphatic carbocycles. The Labute approximate surface area is 116 Å². The van der Waals surface area contributed by atoms with E-state index in [-0.39, 0.29) is 5.69 Å². The Morgan fingerprint density at radius 1 is 1.30 bits per heavy atom. The fourth-order valence-electron chi connectivity index (χ4n) is 2.46. The monoisotopic (exact) mass is 269 g/mol. The summed E-state index contributed by atoms with van der Waals surface area (Å²) in [4.78, 5) is 20.3. The molecule has 2 N–H and O–H groups in total. The number of nitrogens with one attached hydrogen (secondary N) is 1. The van der Waals surface area contributed by atoms with Gasteiger partial charge in [-0.2, -0.15) is 0 Å². The van der Waals surface area contributed by atoms with E-state index >= 15 is 0 Å². The lowest BCUT2D eigenvalue weighted by Crippen LogP contribution is -2.28. The average molecular weight is 269 g/mol. The van der Waals surface area contributed by atoms with Crippen LogP contribution in [0.1, 0.15) is 27.3 Å². The molecule has 1 aromatic heterocycles. The van der Waals surface area contributed by atoms with Crippen molar-refractivity contribution in [2.24, 2.45) is 0 Å². The van der Waals surface area contributed by atoms with Gasteiger partial charge in [0.2, 0.25) is 0 Å².